The topological polar surface area (TPSA) is 34.0 Å². The minimum absolute atomic E-state index is 0.00959. The third-order valence-electron chi connectivity index (χ3n) is 5.08. The number of amides is 1. The maximum absolute atomic E-state index is 12.8. The summed E-state index contributed by atoms with van der Waals surface area (Å²) in [5.74, 6) is 0.0219. The highest BCUT2D eigenvalue weighted by Gasteiger charge is 2.31. The van der Waals surface area contributed by atoms with Crippen LogP contribution in [0.25, 0.3) is 16.9 Å². The summed E-state index contributed by atoms with van der Waals surface area (Å²) in [5, 5.41) is 3.09. The molecule has 0 radical (unpaired) electrons. The van der Waals surface area contributed by atoms with Gasteiger partial charge < -0.3 is 9.88 Å². The summed E-state index contributed by atoms with van der Waals surface area (Å²) >= 11 is 0. The van der Waals surface area contributed by atoms with Crippen molar-refractivity contribution >= 4 is 5.91 Å². The normalized spacial score (nSPS) is 15.9. The van der Waals surface area contributed by atoms with Crippen molar-refractivity contribution in [1.29, 1.82) is 0 Å². The highest BCUT2D eigenvalue weighted by atomic mass is 16.1. The second-order valence-corrected chi connectivity index (χ2v) is 7.95. The van der Waals surface area contributed by atoms with E-state index < -0.39 is 0 Å². The molecule has 1 aliphatic heterocycles. The summed E-state index contributed by atoms with van der Waals surface area (Å²) in [4.78, 5) is 12.8. The lowest BCUT2D eigenvalue weighted by Gasteiger charge is -2.24. The Balaban J connectivity index is 2.00. The molecule has 0 spiro atoms. The van der Waals surface area contributed by atoms with Crippen LogP contribution in [0.3, 0.4) is 0 Å². The molecule has 3 heteroatoms. The third kappa shape index (κ3) is 2.94. The predicted molar refractivity (Wildman–Crippen MR) is 106 cm³/mol. The first-order valence-electron chi connectivity index (χ1n) is 9.10. The molecule has 1 amide bonds. The van der Waals surface area contributed by atoms with Gasteiger partial charge in [0.05, 0.1) is 11.3 Å². The highest BCUT2D eigenvalue weighted by Crippen LogP contribution is 2.35. The number of benzene rings is 2. The van der Waals surface area contributed by atoms with E-state index >= 15 is 0 Å². The molecule has 1 aliphatic rings. The van der Waals surface area contributed by atoms with Crippen molar-refractivity contribution in [2.45, 2.75) is 27.2 Å². The van der Waals surface area contributed by atoms with Crippen LogP contribution in [0, 0.1) is 12.3 Å². The predicted octanol–water partition coefficient (Wildman–Crippen LogP) is 4.76. The average Bonchev–Trinajstić information content (AvgIpc) is 2.94. The maximum atomic E-state index is 12.8. The molecular weight excluding hydrogens is 320 g/mol. The van der Waals surface area contributed by atoms with E-state index in [1.165, 1.54) is 5.56 Å². The van der Waals surface area contributed by atoms with Crippen molar-refractivity contribution in [3.05, 3.63) is 77.5 Å². The molecule has 3 nitrogen and oxygen atoms in total. The molecule has 1 N–H and O–H groups in total. The van der Waals surface area contributed by atoms with Crippen molar-refractivity contribution < 1.29 is 4.79 Å². The number of carbonyl (C=O) groups is 1. The number of aryl methyl sites for hydroxylation is 1. The van der Waals surface area contributed by atoms with Gasteiger partial charge in [0.25, 0.3) is 5.91 Å². The van der Waals surface area contributed by atoms with E-state index in [0.29, 0.717) is 6.54 Å². The molecule has 0 unspecified atom stereocenters. The number of hydrogen-bond donors (Lipinski definition) is 1. The van der Waals surface area contributed by atoms with Crippen molar-refractivity contribution in [2.24, 2.45) is 5.41 Å². The van der Waals surface area contributed by atoms with Crippen LogP contribution in [-0.2, 0) is 6.42 Å². The molecule has 0 atom stereocenters. The third-order valence-corrected chi connectivity index (χ3v) is 5.08. The molecule has 0 fully saturated rings. The minimum Gasteiger partial charge on any atom is -0.351 e. The van der Waals surface area contributed by atoms with Gasteiger partial charge in [-0.05, 0) is 42.5 Å². The molecule has 4 rings (SSSR count). The van der Waals surface area contributed by atoms with Crippen LogP contribution in [0.2, 0.25) is 0 Å². The van der Waals surface area contributed by atoms with E-state index in [1.54, 1.807) is 0 Å². The zero-order chi connectivity index (χ0) is 18.3. The van der Waals surface area contributed by atoms with Gasteiger partial charge in [0.15, 0.2) is 0 Å². The largest absolute Gasteiger partial charge is 0.351 e. The quantitative estimate of drug-likeness (QED) is 0.714. The SMILES string of the molecule is Cc1ccc(-n2c(-c3ccccc3)cc3c2CC(C)(C)CNC3=O)cc1. The molecule has 0 saturated carbocycles. The second kappa shape index (κ2) is 6.17. The van der Waals surface area contributed by atoms with Crippen molar-refractivity contribution in [1.82, 2.24) is 9.88 Å². The number of fused-ring (bicyclic) bond motifs is 1. The fraction of sp³-hybridized carbons (Fsp3) is 0.261. The lowest BCUT2D eigenvalue weighted by molar-refractivity contribution is 0.0945. The van der Waals surface area contributed by atoms with Crippen molar-refractivity contribution in [3.8, 4) is 16.9 Å². The minimum atomic E-state index is 0.00959. The molecule has 1 aromatic heterocycles. The lowest BCUT2D eigenvalue weighted by Crippen LogP contribution is -2.31. The zero-order valence-electron chi connectivity index (χ0n) is 15.5. The summed E-state index contributed by atoms with van der Waals surface area (Å²) in [6.45, 7) is 7.19. The summed E-state index contributed by atoms with van der Waals surface area (Å²) in [6, 6.07) is 20.9. The molecule has 2 aromatic carbocycles. The number of aromatic nitrogens is 1. The first-order valence-corrected chi connectivity index (χ1v) is 9.10. The van der Waals surface area contributed by atoms with Crippen LogP contribution in [0.5, 0.6) is 0 Å². The molecule has 0 aliphatic carbocycles. The molecule has 0 saturated heterocycles. The van der Waals surface area contributed by atoms with Gasteiger partial charge in [-0.1, -0.05) is 61.9 Å². The zero-order valence-corrected chi connectivity index (χ0v) is 15.5. The van der Waals surface area contributed by atoms with Crippen LogP contribution in [0.4, 0.5) is 0 Å². The Morgan fingerprint density at radius 1 is 1.00 bits per heavy atom. The van der Waals surface area contributed by atoms with Crippen LogP contribution in [-0.4, -0.2) is 17.0 Å². The molecule has 132 valence electrons. The number of nitrogens with one attached hydrogen (secondary N) is 1. The number of rotatable bonds is 2. The first-order chi connectivity index (χ1) is 12.4. The van der Waals surface area contributed by atoms with Crippen LogP contribution >= 0.6 is 0 Å². The number of hydrogen-bond acceptors (Lipinski definition) is 1. The van der Waals surface area contributed by atoms with E-state index in [2.05, 4.69) is 67.1 Å². The van der Waals surface area contributed by atoms with Gasteiger partial charge in [-0.25, -0.2) is 0 Å². The van der Waals surface area contributed by atoms with Crippen LogP contribution in [0.1, 0.15) is 35.5 Å². The van der Waals surface area contributed by atoms with E-state index in [4.69, 9.17) is 0 Å². The molecular formula is C23H24N2O. The molecule has 0 bridgehead atoms. The highest BCUT2D eigenvalue weighted by molar-refractivity contribution is 5.98. The van der Waals surface area contributed by atoms with Crippen LogP contribution < -0.4 is 5.32 Å². The second-order valence-electron chi connectivity index (χ2n) is 7.95. The van der Waals surface area contributed by atoms with Gasteiger partial charge in [-0.3, -0.25) is 4.79 Å². The summed E-state index contributed by atoms with van der Waals surface area (Å²) < 4.78 is 2.26. The van der Waals surface area contributed by atoms with Gasteiger partial charge in [0.2, 0.25) is 0 Å². The molecule has 2 heterocycles. The first kappa shape index (κ1) is 16.6. The Hall–Kier alpha value is -2.81. The van der Waals surface area contributed by atoms with Gasteiger partial charge >= 0.3 is 0 Å². The Kier molecular flexibility index (Phi) is 3.95. The van der Waals surface area contributed by atoms with Crippen molar-refractivity contribution in [2.75, 3.05) is 6.54 Å². The van der Waals surface area contributed by atoms with E-state index in [9.17, 15) is 4.79 Å². The lowest BCUT2D eigenvalue weighted by atomic mass is 9.88. The molecule has 3 aromatic rings. The number of carbonyl (C=O) groups excluding carboxylic acids is 1. The van der Waals surface area contributed by atoms with E-state index in [0.717, 1.165) is 34.6 Å². The van der Waals surface area contributed by atoms with Gasteiger partial charge in [-0.15, -0.1) is 0 Å². The Bertz CT molecular complexity index is 950. The van der Waals surface area contributed by atoms with Crippen LogP contribution in [0.15, 0.2) is 60.7 Å². The van der Waals surface area contributed by atoms with Gasteiger partial charge in [0.1, 0.15) is 0 Å². The van der Waals surface area contributed by atoms with Gasteiger partial charge in [-0.2, -0.15) is 0 Å². The number of nitrogens with zero attached hydrogens (tertiary/aromatic N) is 1. The Labute approximate surface area is 154 Å². The average molecular weight is 344 g/mol. The summed E-state index contributed by atoms with van der Waals surface area (Å²) in [5.41, 5.74) is 6.39. The Morgan fingerprint density at radius 2 is 1.69 bits per heavy atom. The molecule has 26 heavy (non-hydrogen) atoms. The Morgan fingerprint density at radius 3 is 2.38 bits per heavy atom. The summed E-state index contributed by atoms with van der Waals surface area (Å²) in [6.07, 6.45) is 0.849. The van der Waals surface area contributed by atoms with E-state index in [1.807, 2.05) is 24.3 Å². The monoisotopic (exact) mass is 344 g/mol. The maximum Gasteiger partial charge on any atom is 0.253 e. The fourth-order valence-corrected chi connectivity index (χ4v) is 3.66. The smallest absolute Gasteiger partial charge is 0.253 e. The van der Waals surface area contributed by atoms with Gasteiger partial charge in [0, 0.05) is 17.9 Å². The van der Waals surface area contributed by atoms with E-state index in [-0.39, 0.29) is 11.3 Å². The summed E-state index contributed by atoms with van der Waals surface area (Å²) in [7, 11) is 0. The van der Waals surface area contributed by atoms with Crippen molar-refractivity contribution in [3.63, 3.8) is 0 Å². The fourth-order valence-electron chi connectivity index (χ4n) is 3.66. The standard InChI is InChI=1S/C23H24N2O/c1-16-9-11-18(12-10-16)25-20(17-7-5-4-6-8-17)13-19-21(25)14-23(2,3)15-24-22(19)26/h4-13H,14-15H2,1-3H3,(H,24,26).